The predicted octanol–water partition coefficient (Wildman–Crippen LogP) is 1.45. The van der Waals surface area contributed by atoms with E-state index in [1.807, 2.05) is 6.92 Å². The number of hydrogen-bond acceptors (Lipinski definition) is 3. The molecule has 0 heterocycles. The molecule has 0 aliphatic rings. The van der Waals surface area contributed by atoms with Gasteiger partial charge in [-0.05, 0) is 19.1 Å². The van der Waals surface area contributed by atoms with Crippen molar-refractivity contribution in [3.05, 3.63) is 29.8 Å². The van der Waals surface area contributed by atoms with E-state index in [0.29, 0.717) is 6.29 Å². The lowest BCUT2D eigenvalue weighted by Gasteiger charge is -2.21. The molecule has 0 saturated carbocycles. The van der Waals surface area contributed by atoms with Gasteiger partial charge in [-0.1, -0.05) is 30.5 Å². The van der Waals surface area contributed by atoms with Gasteiger partial charge in [-0.2, -0.15) is 4.31 Å². The van der Waals surface area contributed by atoms with Crippen molar-refractivity contribution in [3.63, 3.8) is 0 Å². The molecular formula is C14H17NO3S. The van der Waals surface area contributed by atoms with E-state index in [1.54, 1.807) is 31.2 Å². The molecule has 0 amide bonds. The van der Waals surface area contributed by atoms with Gasteiger partial charge in [0.1, 0.15) is 6.29 Å². The Bertz CT molecular complexity index is 570. The van der Waals surface area contributed by atoms with E-state index >= 15 is 0 Å². The molecule has 0 aliphatic carbocycles. The number of hydrogen-bond donors (Lipinski definition) is 0. The highest BCUT2D eigenvalue weighted by Gasteiger charge is 2.25. The van der Waals surface area contributed by atoms with E-state index in [-0.39, 0.29) is 18.0 Å². The zero-order chi connectivity index (χ0) is 14.5. The smallest absolute Gasteiger partial charge is 0.243 e. The third kappa shape index (κ3) is 3.91. The van der Waals surface area contributed by atoms with Crippen molar-refractivity contribution >= 4 is 16.3 Å². The van der Waals surface area contributed by atoms with Gasteiger partial charge >= 0.3 is 0 Å². The Morgan fingerprint density at radius 3 is 2.42 bits per heavy atom. The standard InChI is InChI=1S/C14H17NO3S/c1-4-9-15(10-13(3)11-16)19(17,18)14-7-5-12(2)6-8-14/h1,5-8,11,13H,9-10H2,2-3H3. The minimum absolute atomic E-state index is 0.0472. The van der Waals surface area contributed by atoms with Gasteiger partial charge in [0.25, 0.3) is 0 Å². The summed E-state index contributed by atoms with van der Waals surface area (Å²) in [5, 5.41) is 0. The third-order valence-electron chi connectivity index (χ3n) is 2.65. The molecule has 4 nitrogen and oxygen atoms in total. The first-order valence-electron chi connectivity index (χ1n) is 5.87. The SMILES string of the molecule is C#CCN(CC(C)C=O)S(=O)(=O)c1ccc(C)cc1. The zero-order valence-electron chi connectivity index (χ0n) is 11.0. The lowest BCUT2D eigenvalue weighted by Crippen LogP contribution is -2.35. The second kappa shape index (κ2) is 6.50. The van der Waals surface area contributed by atoms with Gasteiger partial charge in [0.2, 0.25) is 10.0 Å². The summed E-state index contributed by atoms with van der Waals surface area (Å²) in [7, 11) is -3.65. The van der Waals surface area contributed by atoms with Crippen LogP contribution in [0, 0.1) is 25.2 Å². The van der Waals surface area contributed by atoms with E-state index in [2.05, 4.69) is 5.92 Å². The van der Waals surface area contributed by atoms with Crippen molar-refractivity contribution in [2.75, 3.05) is 13.1 Å². The van der Waals surface area contributed by atoms with Crippen molar-refractivity contribution in [2.45, 2.75) is 18.7 Å². The minimum atomic E-state index is -3.65. The molecule has 0 radical (unpaired) electrons. The van der Waals surface area contributed by atoms with Crippen LogP contribution in [0.25, 0.3) is 0 Å². The number of rotatable bonds is 6. The molecule has 1 aromatic rings. The van der Waals surface area contributed by atoms with Crippen molar-refractivity contribution in [2.24, 2.45) is 5.92 Å². The Morgan fingerprint density at radius 1 is 1.37 bits per heavy atom. The van der Waals surface area contributed by atoms with Gasteiger partial charge in [-0.15, -0.1) is 6.42 Å². The highest BCUT2D eigenvalue weighted by atomic mass is 32.2. The van der Waals surface area contributed by atoms with Gasteiger partial charge in [0, 0.05) is 12.5 Å². The first kappa shape index (κ1) is 15.4. The number of benzene rings is 1. The minimum Gasteiger partial charge on any atom is -0.303 e. The monoisotopic (exact) mass is 279 g/mol. The molecule has 5 heteroatoms. The summed E-state index contributed by atoms with van der Waals surface area (Å²) in [6.07, 6.45) is 5.92. The zero-order valence-corrected chi connectivity index (χ0v) is 11.9. The molecule has 1 atom stereocenters. The van der Waals surface area contributed by atoms with E-state index in [9.17, 15) is 13.2 Å². The Morgan fingerprint density at radius 2 is 1.95 bits per heavy atom. The molecule has 1 aromatic carbocycles. The normalized spacial score (nSPS) is 12.9. The second-order valence-corrected chi connectivity index (χ2v) is 6.37. The summed E-state index contributed by atoms with van der Waals surface area (Å²) in [4.78, 5) is 10.9. The summed E-state index contributed by atoms with van der Waals surface area (Å²) >= 11 is 0. The van der Waals surface area contributed by atoms with Crippen LogP contribution in [0.1, 0.15) is 12.5 Å². The van der Waals surface area contributed by atoms with Crippen LogP contribution < -0.4 is 0 Å². The number of terminal acetylenes is 1. The van der Waals surface area contributed by atoms with Gasteiger partial charge in [-0.3, -0.25) is 0 Å². The third-order valence-corrected chi connectivity index (χ3v) is 4.48. The Hall–Kier alpha value is -1.64. The molecule has 0 bridgehead atoms. The van der Waals surface area contributed by atoms with Crippen LogP contribution in [0.5, 0.6) is 0 Å². The first-order valence-corrected chi connectivity index (χ1v) is 7.31. The average Bonchev–Trinajstić information content (AvgIpc) is 2.38. The number of nitrogens with zero attached hydrogens (tertiary/aromatic N) is 1. The highest BCUT2D eigenvalue weighted by molar-refractivity contribution is 7.89. The van der Waals surface area contributed by atoms with Crippen molar-refractivity contribution in [1.29, 1.82) is 0 Å². The lowest BCUT2D eigenvalue weighted by molar-refractivity contribution is -0.110. The number of aldehydes is 1. The number of carbonyl (C=O) groups is 1. The van der Waals surface area contributed by atoms with Gasteiger partial charge in [0.05, 0.1) is 11.4 Å². The summed E-state index contributed by atoms with van der Waals surface area (Å²) in [5.74, 6) is 1.92. The van der Waals surface area contributed by atoms with Crippen LogP contribution in [0.15, 0.2) is 29.2 Å². The first-order chi connectivity index (χ1) is 8.91. The van der Waals surface area contributed by atoms with Gasteiger partial charge < -0.3 is 4.79 Å². The molecule has 0 aliphatic heterocycles. The maximum absolute atomic E-state index is 12.4. The molecule has 0 spiro atoms. The molecule has 0 saturated heterocycles. The van der Waals surface area contributed by atoms with Crippen LogP contribution in [0.2, 0.25) is 0 Å². The molecule has 102 valence electrons. The molecular weight excluding hydrogens is 262 g/mol. The van der Waals surface area contributed by atoms with Gasteiger partial charge in [0.15, 0.2) is 0 Å². The molecule has 1 rings (SSSR count). The van der Waals surface area contributed by atoms with Crippen molar-refractivity contribution < 1.29 is 13.2 Å². The fraction of sp³-hybridized carbons (Fsp3) is 0.357. The lowest BCUT2D eigenvalue weighted by atomic mass is 10.2. The molecule has 0 aromatic heterocycles. The molecule has 0 fully saturated rings. The van der Waals surface area contributed by atoms with E-state index in [1.165, 1.54) is 0 Å². The van der Waals surface area contributed by atoms with Crippen LogP contribution in [0.4, 0.5) is 0 Å². The fourth-order valence-electron chi connectivity index (χ4n) is 1.57. The molecule has 1 unspecified atom stereocenters. The summed E-state index contributed by atoms with van der Waals surface area (Å²) in [5.41, 5.74) is 0.976. The summed E-state index contributed by atoms with van der Waals surface area (Å²) in [6, 6.07) is 6.54. The van der Waals surface area contributed by atoms with E-state index in [0.717, 1.165) is 9.87 Å². The molecule has 0 N–H and O–H groups in total. The summed E-state index contributed by atoms with van der Waals surface area (Å²) in [6.45, 7) is 3.57. The topological polar surface area (TPSA) is 54.5 Å². The summed E-state index contributed by atoms with van der Waals surface area (Å²) < 4.78 is 25.9. The van der Waals surface area contributed by atoms with Crippen molar-refractivity contribution in [1.82, 2.24) is 4.31 Å². The van der Waals surface area contributed by atoms with Gasteiger partial charge in [-0.25, -0.2) is 8.42 Å². The predicted molar refractivity (Wildman–Crippen MR) is 74.0 cm³/mol. The van der Waals surface area contributed by atoms with Crippen LogP contribution >= 0.6 is 0 Å². The quantitative estimate of drug-likeness (QED) is 0.585. The Kier molecular flexibility index (Phi) is 5.28. The Labute approximate surface area is 114 Å². The van der Waals surface area contributed by atoms with Crippen molar-refractivity contribution in [3.8, 4) is 12.3 Å². The maximum atomic E-state index is 12.4. The van der Waals surface area contributed by atoms with Crippen LogP contribution in [-0.4, -0.2) is 32.1 Å². The number of sulfonamides is 1. The maximum Gasteiger partial charge on any atom is 0.243 e. The largest absolute Gasteiger partial charge is 0.303 e. The fourth-order valence-corrected chi connectivity index (χ4v) is 3.03. The second-order valence-electron chi connectivity index (χ2n) is 4.43. The molecule has 19 heavy (non-hydrogen) atoms. The van der Waals surface area contributed by atoms with Crippen LogP contribution in [-0.2, 0) is 14.8 Å². The Balaban J connectivity index is 3.09. The highest BCUT2D eigenvalue weighted by Crippen LogP contribution is 2.17. The van der Waals surface area contributed by atoms with E-state index in [4.69, 9.17) is 6.42 Å². The number of carbonyl (C=O) groups excluding carboxylic acids is 1. The number of aryl methyl sites for hydroxylation is 1. The van der Waals surface area contributed by atoms with Crippen LogP contribution in [0.3, 0.4) is 0 Å². The average molecular weight is 279 g/mol. The van der Waals surface area contributed by atoms with E-state index < -0.39 is 15.9 Å².